The molecule has 1 aromatic heterocycles. The standard InChI is InChI=1S/C12H14F2N4O/c1-18-10(8-16-17-18)7-15-6-9-2-4-11(5-3-9)19-12(13)14/h2-5,8,12,15H,6-7H2,1H3. The fourth-order valence-corrected chi connectivity index (χ4v) is 1.59. The molecule has 2 rings (SSSR count). The van der Waals surface area contributed by atoms with Crippen molar-refractivity contribution in [3.8, 4) is 5.75 Å². The zero-order valence-electron chi connectivity index (χ0n) is 10.4. The molecule has 0 amide bonds. The van der Waals surface area contributed by atoms with Gasteiger partial charge in [0.25, 0.3) is 0 Å². The van der Waals surface area contributed by atoms with Gasteiger partial charge in [0.15, 0.2) is 0 Å². The van der Waals surface area contributed by atoms with E-state index in [1.807, 2.05) is 7.05 Å². The molecule has 0 aliphatic heterocycles. The van der Waals surface area contributed by atoms with Gasteiger partial charge in [-0.05, 0) is 17.7 Å². The Morgan fingerprint density at radius 2 is 2.00 bits per heavy atom. The Morgan fingerprint density at radius 3 is 2.58 bits per heavy atom. The molecule has 0 saturated heterocycles. The zero-order valence-corrected chi connectivity index (χ0v) is 10.4. The average molecular weight is 268 g/mol. The summed E-state index contributed by atoms with van der Waals surface area (Å²) in [5.74, 6) is 0.162. The van der Waals surface area contributed by atoms with Crippen LogP contribution in [0.2, 0.25) is 0 Å². The van der Waals surface area contributed by atoms with E-state index in [0.29, 0.717) is 13.1 Å². The number of nitrogens with one attached hydrogen (secondary N) is 1. The number of aryl methyl sites for hydroxylation is 1. The molecule has 0 radical (unpaired) electrons. The summed E-state index contributed by atoms with van der Waals surface area (Å²) < 4.78 is 29.9. The van der Waals surface area contributed by atoms with E-state index in [2.05, 4.69) is 20.4 Å². The van der Waals surface area contributed by atoms with E-state index >= 15 is 0 Å². The van der Waals surface area contributed by atoms with Crippen LogP contribution in [-0.2, 0) is 20.1 Å². The summed E-state index contributed by atoms with van der Waals surface area (Å²) in [5.41, 5.74) is 1.95. The van der Waals surface area contributed by atoms with Gasteiger partial charge in [-0.25, -0.2) is 0 Å². The highest BCUT2D eigenvalue weighted by molar-refractivity contribution is 5.27. The molecule has 1 heterocycles. The molecule has 1 aromatic carbocycles. The molecule has 102 valence electrons. The summed E-state index contributed by atoms with van der Waals surface area (Å²) in [6, 6.07) is 6.53. The number of aromatic nitrogens is 3. The van der Waals surface area contributed by atoms with E-state index in [-0.39, 0.29) is 5.75 Å². The maximum absolute atomic E-state index is 12.0. The van der Waals surface area contributed by atoms with Gasteiger partial charge in [0, 0.05) is 20.1 Å². The number of rotatable bonds is 6. The minimum atomic E-state index is -2.79. The summed E-state index contributed by atoms with van der Waals surface area (Å²) in [5, 5.41) is 10.8. The summed E-state index contributed by atoms with van der Waals surface area (Å²) in [7, 11) is 1.82. The van der Waals surface area contributed by atoms with Crippen LogP contribution in [0.3, 0.4) is 0 Å². The van der Waals surface area contributed by atoms with Gasteiger partial charge in [0.1, 0.15) is 5.75 Å². The first-order valence-corrected chi connectivity index (χ1v) is 5.73. The Hall–Kier alpha value is -2.02. The zero-order chi connectivity index (χ0) is 13.7. The minimum Gasteiger partial charge on any atom is -0.435 e. The van der Waals surface area contributed by atoms with Gasteiger partial charge in [-0.15, -0.1) is 5.10 Å². The van der Waals surface area contributed by atoms with Crippen LogP contribution in [0.1, 0.15) is 11.3 Å². The topological polar surface area (TPSA) is 52.0 Å². The van der Waals surface area contributed by atoms with Crippen LogP contribution in [0.5, 0.6) is 5.75 Å². The van der Waals surface area contributed by atoms with Crippen molar-refractivity contribution in [1.82, 2.24) is 20.3 Å². The molecule has 0 fully saturated rings. The van der Waals surface area contributed by atoms with Crippen molar-refractivity contribution >= 4 is 0 Å². The average Bonchev–Trinajstić information content (AvgIpc) is 2.77. The largest absolute Gasteiger partial charge is 0.435 e. The molecule has 5 nitrogen and oxygen atoms in total. The predicted molar refractivity (Wildman–Crippen MR) is 64.6 cm³/mol. The summed E-state index contributed by atoms with van der Waals surface area (Å²) in [4.78, 5) is 0. The quantitative estimate of drug-likeness (QED) is 0.866. The maximum Gasteiger partial charge on any atom is 0.387 e. The second-order valence-electron chi connectivity index (χ2n) is 3.97. The molecule has 19 heavy (non-hydrogen) atoms. The lowest BCUT2D eigenvalue weighted by Gasteiger charge is -2.07. The van der Waals surface area contributed by atoms with Crippen LogP contribution < -0.4 is 10.1 Å². The minimum absolute atomic E-state index is 0.162. The number of ether oxygens (including phenoxy) is 1. The van der Waals surface area contributed by atoms with Crippen molar-refractivity contribution in [3.63, 3.8) is 0 Å². The normalized spacial score (nSPS) is 10.9. The molecule has 2 aromatic rings. The lowest BCUT2D eigenvalue weighted by Crippen LogP contribution is -2.15. The fraction of sp³-hybridized carbons (Fsp3) is 0.333. The Bertz CT molecular complexity index is 513. The van der Waals surface area contributed by atoms with Gasteiger partial charge in [-0.3, -0.25) is 4.68 Å². The molecule has 1 N–H and O–H groups in total. The summed E-state index contributed by atoms with van der Waals surface area (Å²) >= 11 is 0. The fourth-order valence-electron chi connectivity index (χ4n) is 1.59. The molecule has 0 aliphatic carbocycles. The number of alkyl halides is 2. The lowest BCUT2D eigenvalue weighted by molar-refractivity contribution is -0.0498. The van der Waals surface area contributed by atoms with Crippen LogP contribution >= 0.6 is 0 Å². The highest BCUT2D eigenvalue weighted by Crippen LogP contribution is 2.14. The van der Waals surface area contributed by atoms with Gasteiger partial charge < -0.3 is 10.1 Å². The van der Waals surface area contributed by atoms with E-state index in [0.717, 1.165) is 11.3 Å². The van der Waals surface area contributed by atoms with Crippen molar-refractivity contribution in [2.24, 2.45) is 7.05 Å². The van der Waals surface area contributed by atoms with Gasteiger partial charge in [0.05, 0.1) is 11.9 Å². The Labute approximate surface area is 109 Å². The Morgan fingerprint density at radius 1 is 1.26 bits per heavy atom. The molecule has 7 heteroatoms. The number of halogens is 2. The third-order valence-corrected chi connectivity index (χ3v) is 2.59. The van der Waals surface area contributed by atoms with Crippen molar-refractivity contribution in [3.05, 3.63) is 41.7 Å². The molecule has 0 saturated carbocycles. The van der Waals surface area contributed by atoms with Crippen LogP contribution in [0.15, 0.2) is 30.5 Å². The molecule has 0 bridgehead atoms. The second kappa shape index (κ2) is 6.24. The Kier molecular flexibility index (Phi) is 4.40. The first-order valence-electron chi connectivity index (χ1n) is 5.73. The number of hydrogen-bond acceptors (Lipinski definition) is 4. The highest BCUT2D eigenvalue weighted by atomic mass is 19.3. The van der Waals surface area contributed by atoms with E-state index in [4.69, 9.17) is 0 Å². The molecule has 0 aliphatic rings. The molecule has 0 atom stereocenters. The SMILES string of the molecule is Cn1nncc1CNCc1ccc(OC(F)F)cc1. The summed E-state index contributed by atoms with van der Waals surface area (Å²) in [6.07, 6.45) is 1.69. The van der Waals surface area contributed by atoms with Crippen molar-refractivity contribution < 1.29 is 13.5 Å². The molecular weight excluding hydrogens is 254 g/mol. The smallest absolute Gasteiger partial charge is 0.387 e. The van der Waals surface area contributed by atoms with Crippen LogP contribution in [0.25, 0.3) is 0 Å². The van der Waals surface area contributed by atoms with Crippen LogP contribution in [0.4, 0.5) is 8.78 Å². The number of hydrogen-bond donors (Lipinski definition) is 1. The van der Waals surface area contributed by atoms with Crippen molar-refractivity contribution in [2.75, 3.05) is 0 Å². The van der Waals surface area contributed by atoms with Gasteiger partial charge in [-0.1, -0.05) is 17.3 Å². The molecule has 0 spiro atoms. The first kappa shape index (κ1) is 13.4. The van der Waals surface area contributed by atoms with E-state index in [1.165, 1.54) is 12.1 Å². The second-order valence-corrected chi connectivity index (χ2v) is 3.97. The Balaban J connectivity index is 1.81. The first-order chi connectivity index (χ1) is 9.15. The predicted octanol–water partition coefficient (Wildman–Crippen LogP) is 1.71. The van der Waals surface area contributed by atoms with Crippen molar-refractivity contribution in [1.29, 1.82) is 0 Å². The van der Waals surface area contributed by atoms with Gasteiger partial charge >= 0.3 is 6.61 Å². The molecule has 0 unspecified atom stereocenters. The lowest BCUT2D eigenvalue weighted by atomic mass is 10.2. The van der Waals surface area contributed by atoms with Gasteiger partial charge in [-0.2, -0.15) is 8.78 Å². The summed E-state index contributed by atoms with van der Waals surface area (Å²) in [6.45, 7) is -1.53. The number of nitrogens with zero attached hydrogens (tertiary/aromatic N) is 3. The van der Waals surface area contributed by atoms with E-state index in [1.54, 1.807) is 23.0 Å². The third kappa shape index (κ3) is 3.99. The monoisotopic (exact) mass is 268 g/mol. The van der Waals surface area contributed by atoms with Crippen LogP contribution in [-0.4, -0.2) is 21.6 Å². The van der Waals surface area contributed by atoms with Gasteiger partial charge in [0.2, 0.25) is 0 Å². The highest BCUT2D eigenvalue weighted by Gasteiger charge is 2.04. The van der Waals surface area contributed by atoms with E-state index < -0.39 is 6.61 Å². The number of benzene rings is 1. The third-order valence-electron chi connectivity index (χ3n) is 2.59. The van der Waals surface area contributed by atoms with Crippen molar-refractivity contribution in [2.45, 2.75) is 19.7 Å². The van der Waals surface area contributed by atoms with Crippen LogP contribution in [0, 0.1) is 0 Å². The molecular formula is C12H14F2N4O. The maximum atomic E-state index is 12.0. The van der Waals surface area contributed by atoms with E-state index in [9.17, 15) is 8.78 Å².